The van der Waals surface area contributed by atoms with Crippen LogP contribution in [-0.4, -0.2) is 35.2 Å². The molecule has 3 N–H and O–H groups in total. The van der Waals surface area contributed by atoms with Crippen LogP contribution in [0.5, 0.6) is 5.75 Å². The molecule has 2 rings (SSSR count). The Balaban J connectivity index is 2.33. The SMILES string of the molecule is CC(C)(C)c1cc(C(=O)SCC2NCCN2)cc(C(C)(C)C)c1O. The highest BCUT2D eigenvalue weighted by atomic mass is 32.2. The van der Waals surface area contributed by atoms with Crippen LogP contribution >= 0.6 is 11.8 Å². The second kappa shape index (κ2) is 7.06. The Hall–Kier alpha value is -1.04. The third-order valence-electron chi connectivity index (χ3n) is 4.25. The number of benzene rings is 1. The molecule has 134 valence electrons. The summed E-state index contributed by atoms with van der Waals surface area (Å²) in [6.07, 6.45) is 0.195. The third-order valence-corrected chi connectivity index (χ3v) is 5.25. The van der Waals surface area contributed by atoms with Gasteiger partial charge in [0.15, 0.2) is 0 Å². The Labute approximate surface area is 149 Å². The Morgan fingerprint density at radius 2 is 1.54 bits per heavy atom. The standard InChI is InChI=1S/C19H30N2O2S/c1-18(2,3)13-9-12(10-14(16(13)22)19(4,5)6)17(23)24-11-15-20-7-8-21-15/h9-10,15,20-22H,7-8,11H2,1-6H3. The predicted octanol–water partition coefficient (Wildman–Crippen LogP) is 3.38. The van der Waals surface area contributed by atoms with Crippen LogP contribution in [0.25, 0.3) is 0 Å². The number of carbonyl (C=O) groups is 1. The van der Waals surface area contributed by atoms with E-state index in [0.717, 1.165) is 24.2 Å². The predicted molar refractivity (Wildman–Crippen MR) is 102 cm³/mol. The van der Waals surface area contributed by atoms with Gasteiger partial charge in [-0.05, 0) is 23.0 Å². The molecule has 1 aliphatic heterocycles. The van der Waals surface area contributed by atoms with Gasteiger partial charge in [0.1, 0.15) is 5.75 Å². The molecule has 0 radical (unpaired) electrons. The summed E-state index contributed by atoms with van der Waals surface area (Å²) in [4.78, 5) is 12.7. The molecule has 0 aromatic heterocycles. The summed E-state index contributed by atoms with van der Waals surface area (Å²) < 4.78 is 0. The van der Waals surface area contributed by atoms with Crippen molar-refractivity contribution in [2.24, 2.45) is 0 Å². The zero-order valence-corrected chi connectivity index (χ0v) is 16.4. The van der Waals surface area contributed by atoms with Crippen molar-refractivity contribution in [2.75, 3.05) is 18.8 Å². The highest BCUT2D eigenvalue weighted by Gasteiger charge is 2.28. The van der Waals surface area contributed by atoms with Crippen LogP contribution in [0.1, 0.15) is 63.0 Å². The van der Waals surface area contributed by atoms with E-state index in [1.54, 1.807) is 0 Å². The number of hydrogen-bond acceptors (Lipinski definition) is 5. The van der Waals surface area contributed by atoms with Crippen molar-refractivity contribution in [3.05, 3.63) is 28.8 Å². The number of thioether (sulfide) groups is 1. The first-order valence-corrected chi connectivity index (χ1v) is 9.50. The summed E-state index contributed by atoms with van der Waals surface area (Å²) in [6, 6.07) is 3.71. The maximum absolute atomic E-state index is 12.7. The molecular weight excluding hydrogens is 320 g/mol. The van der Waals surface area contributed by atoms with E-state index < -0.39 is 0 Å². The van der Waals surface area contributed by atoms with Gasteiger partial charge >= 0.3 is 0 Å². The van der Waals surface area contributed by atoms with Gasteiger partial charge in [-0.15, -0.1) is 0 Å². The molecule has 1 aromatic carbocycles. The molecule has 1 saturated heterocycles. The first-order chi connectivity index (χ1) is 11.0. The smallest absolute Gasteiger partial charge is 0.219 e. The molecule has 1 aromatic rings. The fourth-order valence-electron chi connectivity index (χ4n) is 2.82. The molecule has 1 fully saturated rings. The minimum absolute atomic E-state index is 0.0569. The van der Waals surface area contributed by atoms with Gasteiger partial charge < -0.3 is 5.11 Å². The minimum Gasteiger partial charge on any atom is -0.507 e. The maximum Gasteiger partial charge on any atom is 0.219 e. The lowest BCUT2D eigenvalue weighted by Gasteiger charge is -2.28. The Morgan fingerprint density at radius 1 is 1.08 bits per heavy atom. The quantitative estimate of drug-likeness (QED) is 0.780. The number of carbonyl (C=O) groups excluding carboxylic acids is 1. The molecule has 0 amide bonds. The van der Waals surface area contributed by atoms with Gasteiger partial charge in [0.2, 0.25) is 5.12 Å². The van der Waals surface area contributed by atoms with Crippen molar-refractivity contribution in [3.8, 4) is 5.75 Å². The fraction of sp³-hybridized carbons (Fsp3) is 0.632. The zero-order chi connectivity index (χ0) is 18.1. The van der Waals surface area contributed by atoms with Crippen molar-refractivity contribution >= 4 is 16.9 Å². The van der Waals surface area contributed by atoms with E-state index in [4.69, 9.17) is 0 Å². The van der Waals surface area contributed by atoms with E-state index >= 15 is 0 Å². The second-order valence-corrected chi connectivity index (χ2v) is 9.47. The van der Waals surface area contributed by atoms with E-state index in [0.29, 0.717) is 17.1 Å². The number of aromatic hydroxyl groups is 1. The van der Waals surface area contributed by atoms with Crippen LogP contribution in [0.2, 0.25) is 0 Å². The second-order valence-electron chi connectivity index (χ2n) is 8.48. The average molecular weight is 351 g/mol. The normalized spacial score (nSPS) is 16.6. The van der Waals surface area contributed by atoms with Gasteiger partial charge in [0.05, 0.1) is 6.17 Å². The van der Waals surface area contributed by atoms with Crippen LogP contribution < -0.4 is 10.6 Å². The van der Waals surface area contributed by atoms with Crippen molar-refractivity contribution < 1.29 is 9.90 Å². The van der Waals surface area contributed by atoms with Crippen molar-refractivity contribution in [3.63, 3.8) is 0 Å². The van der Waals surface area contributed by atoms with Crippen LogP contribution in [0, 0.1) is 0 Å². The molecule has 24 heavy (non-hydrogen) atoms. The summed E-state index contributed by atoms with van der Waals surface area (Å²) in [5.74, 6) is 1.02. The van der Waals surface area contributed by atoms with Crippen LogP contribution in [0.4, 0.5) is 0 Å². The number of phenols is 1. The molecule has 4 nitrogen and oxygen atoms in total. The molecule has 0 spiro atoms. The molecule has 0 aliphatic carbocycles. The van der Waals surface area contributed by atoms with Gasteiger partial charge in [-0.3, -0.25) is 15.4 Å². The van der Waals surface area contributed by atoms with Crippen molar-refractivity contribution in [1.82, 2.24) is 10.6 Å². The molecule has 0 atom stereocenters. The number of rotatable bonds is 3. The topological polar surface area (TPSA) is 61.4 Å². The first kappa shape index (κ1) is 19.3. The molecule has 0 unspecified atom stereocenters. The maximum atomic E-state index is 12.7. The van der Waals surface area contributed by atoms with Gasteiger partial charge in [-0.25, -0.2) is 0 Å². The molecule has 5 heteroatoms. The summed E-state index contributed by atoms with van der Waals surface area (Å²) in [7, 11) is 0. The van der Waals surface area contributed by atoms with Crippen molar-refractivity contribution in [2.45, 2.75) is 58.5 Å². The summed E-state index contributed by atoms with van der Waals surface area (Å²) in [5, 5.41) is 17.4. The van der Waals surface area contributed by atoms with Crippen LogP contribution in [-0.2, 0) is 10.8 Å². The average Bonchev–Trinajstić information content (AvgIpc) is 2.95. The van der Waals surface area contributed by atoms with Crippen molar-refractivity contribution in [1.29, 1.82) is 0 Å². The molecule has 0 bridgehead atoms. The van der Waals surface area contributed by atoms with E-state index in [9.17, 15) is 9.90 Å². The van der Waals surface area contributed by atoms with Gasteiger partial charge in [-0.2, -0.15) is 0 Å². The Morgan fingerprint density at radius 3 is 1.96 bits per heavy atom. The lowest BCUT2D eigenvalue weighted by Crippen LogP contribution is -2.33. The van der Waals surface area contributed by atoms with E-state index in [-0.39, 0.29) is 22.1 Å². The Bertz CT molecular complexity index is 574. The largest absolute Gasteiger partial charge is 0.507 e. The van der Waals surface area contributed by atoms with Gasteiger partial charge in [-0.1, -0.05) is 53.3 Å². The minimum atomic E-state index is -0.223. The summed E-state index contributed by atoms with van der Waals surface area (Å²) in [6.45, 7) is 14.2. The summed E-state index contributed by atoms with van der Waals surface area (Å²) in [5.41, 5.74) is 1.89. The third kappa shape index (κ3) is 4.52. The van der Waals surface area contributed by atoms with Gasteiger partial charge in [0, 0.05) is 35.5 Å². The highest BCUT2D eigenvalue weighted by molar-refractivity contribution is 8.14. The molecule has 1 aliphatic rings. The van der Waals surface area contributed by atoms with E-state index in [1.807, 2.05) is 12.1 Å². The van der Waals surface area contributed by atoms with Gasteiger partial charge in [0.25, 0.3) is 0 Å². The summed E-state index contributed by atoms with van der Waals surface area (Å²) >= 11 is 1.33. The Kier molecular flexibility index (Phi) is 5.68. The molecule has 1 heterocycles. The van der Waals surface area contributed by atoms with E-state index in [1.165, 1.54) is 11.8 Å². The van der Waals surface area contributed by atoms with E-state index in [2.05, 4.69) is 52.2 Å². The number of phenolic OH excluding ortho intramolecular Hbond substituents is 1. The lowest BCUT2D eigenvalue weighted by molar-refractivity contribution is 0.108. The molecule has 0 saturated carbocycles. The first-order valence-electron chi connectivity index (χ1n) is 8.52. The number of nitrogens with one attached hydrogen (secondary N) is 2. The van der Waals surface area contributed by atoms with Crippen LogP contribution in [0.3, 0.4) is 0 Å². The highest BCUT2D eigenvalue weighted by Crippen LogP contribution is 2.40. The lowest BCUT2D eigenvalue weighted by atomic mass is 9.78. The zero-order valence-electron chi connectivity index (χ0n) is 15.6. The number of hydrogen-bond donors (Lipinski definition) is 3. The van der Waals surface area contributed by atoms with Crippen LogP contribution in [0.15, 0.2) is 12.1 Å². The fourth-order valence-corrected chi connectivity index (χ4v) is 3.66. The monoisotopic (exact) mass is 350 g/mol. The molecular formula is C19H30N2O2S.